The van der Waals surface area contributed by atoms with E-state index in [0.29, 0.717) is 12.1 Å². The molecule has 0 fully saturated rings. The highest BCUT2D eigenvalue weighted by Crippen LogP contribution is 2.11. The minimum Gasteiger partial charge on any atom is -0.392 e. The molecule has 2 N–H and O–H groups in total. The fourth-order valence-electron chi connectivity index (χ4n) is 1.78. The molecule has 104 valence electrons. The van der Waals surface area contributed by atoms with Gasteiger partial charge in [-0.05, 0) is 29.7 Å². The van der Waals surface area contributed by atoms with Crippen LogP contribution in [0, 0.1) is 0 Å². The normalized spacial score (nSPS) is 10.3. The molecule has 0 atom stereocenters. The number of carbonyl (C=O) groups excluding carboxylic acids is 1. The van der Waals surface area contributed by atoms with Crippen molar-refractivity contribution in [1.82, 2.24) is 10.3 Å². The third-order valence-corrected chi connectivity index (χ3v) is 3.21. The number of aliphatic hydroxyl groups excluding tert-OH is 1. The van der Waals surface area contributed by atoms with E-state index in [2.05, 4.69) is 10.3 Å². The number of halogens is 1. The zero-order valence-corrected chi connectivity index (χ0v) is 11.6. The quantitative estimate of drug-likeness (QED) is 0.830. The van der Waals surface area contributed by atoms with Crippen molar-refractivity contribution >= 4 is 17.5 Å². The van der Waals surface area contributed by atoms with Crippen LogP contribution in [0.15, 0.2) is 42.6 Å². The molecular weight excluding hydrogens is 276 g/mol. The fraction of sp³-hybridized carbons (Fsp3) is 0.200. The van der Waals surface area contributed by atoms with Crippen LogP contribution in [0.3, 0.4) is 0 Å². The van der Waals surface area contributed by atoms with Crippen LogP contribution >= 0.6 is 11.6 Å². The first-order valence-corrected chi connectivity index (χ1v) is 6.66. The molecule has 0 aliphatic rings. The largest absolute Gasteiger partial charge is 0.392 e. The van der Waals surface area contributed by atoms with Crippen molar-refractivity contribution in [1.29, 1.82) is 0 Å². The number of benzene rings is 1. The first kappa shape index (κ1) is 14.5. The van der Waals surface area contributed by atoms with Crippen molar-refractivity contribution in [3.05, 3.63) is 64.4 Å². The molecule has 1 aromatic heterocycles. The van der Waals surface area contributed by atoms with Gasteiger partial charge in [-0.1, -0.05) is 35.9 Å². The van der Waals surface area contributed by atoms with E-state index >= 15 is 0 Å². The third-order valence-electron chi connectivity index (χ3n) is 2.91. The van der Waals surface area contributed by atoms with Crippen LogP contribution in [0.25, 0.3) is 0 Å². The Morgan fingerprint density at radius 1 is 1.20 bits per heavy atom. The van der Waals surface area contributed by atoms with Gasteiger partial charge in [-0.15, -0.1) is 0 Å². The summed E-state index contributed by atoms with van der Waals surface area (Å²) < 4.78 is 0. The van der Waals surface area contributed by atoms with Crippen molar-refractivity contribution in [2.45, 2.75) is 13.0 Å². The molecule has 4 nitrogen and oxygen atoms in total. The highest BCUT2D eigenvalue weighted by Gasteiger charge is 2.09. The van der Waals surface area contributed by atoms with Crippen molar-refractivity contribution in [3.63, 3.8) is 0 Å². The van der Waals surface area contributed by atoms with E-state index in [-0.39, 0.29) is 17.7 Å². The summed E-state index contributed by atoms with van der Waals surface area (Å²) in [7, 11) is 0. The van der Waals surface area contributed by atoms with E-state index in [9.17, 15) is 4.79 Å². The number of nitrogens with zero attached hydrogens (tertiary/aromatic N) is 1. The minimum atomic E-state index is -0.227. The molecule has 0 saturated carbocycles. The van der Waals surface area contributed by atoms with E-state index in [0.717, 1.165) is 17.5 Å². The molecule has 0 saturated heterocycles. The Labute approximate surface area is 122 Å². The lowest BCUT2D eigenvalue weighted by molar-refractivity contribution is 0.0954. The second-order valence-electron chi connectivity index (χ2n) is 4.32. The van der Waals surface area contributed by atoms with Crippen LogP contribution in [0.4, 0.5) is 0 Å². The van der Waals surface area contributed by atoms with Crippen LogP contribution in [-0.2, 0) is 13.0 Å². The summed E-state index contributed by atoms with van der Waals surface area (Å²) in [5, 5.41) is 12.0. The Morgan fingerprint density at radius 2 is 1.90 bits per heavy atom. The number of aromatic nitrogens is 1. The summed E-state index contributed by atoms with van der Waals surface area (Å²) >= 11 is 5.85. The fourth-order valence-corrected chi connectivity index (χ4v) is 1.99. The average molecular weight is 291 g/mol. The molecule has 0 bridgehead atoms. The van der Waals surface area contributed by atoms with Crippen molar-refractivity contribution < 1.29 is 9.90 Å². The summed E-state index contributed by atoms with van der Waals surface area (Å²) in [4.78, 5) is 15.8. The summed E-state index contributed by atoms with van der Waals surface area (Å²) in [6, 6.07) is 10.9. The van der Waals surface area contributed by atoms with Gasteiger partial charge in [0, 0.05) is 12.7 Å². The molecule has 2 aromatic rings. The number of pyridine rings is 1. The molecule has 1 amide bonds. The number of hydrogen-bond acceptors (Lipinski definition) is 3. The number of carbonyl (C=O) groups is 1. The summed E-state index contributed by atoms with van der Waals surface area (Å²) in [6.07, 6.45) is 2.26. The smallest absolute Gasteiger partial charge is 0.254 e. The molecule has 0 aliphatic heterocycles. The van der Waals surface area contributed by atoms with Crippen LogP contribution in [0.2, 0.25) is 5.15 Å². The predicted octanol–water partition coefficient (Wildman–Crippen LogP) is 2.20. The van der Waals surface area contributed by atoms with E-state index in [1.54, 1.807) is 18.3 Å². The van der Waals surface area contributed by atoms with Crippen molar-refractivity contribution in [2.75, 3.05) is 6.54 Å². The molecule has 0 radical (unpaired) electrons. The Balaban J connectivity index is 1.86. The zero-order chi connectivity index (χ0) is 14.4. The second kappa shape index (κ2) is 7.03. The van der Waals surface area contributed by atoms with Gasteiger partial charge in [0.2, 0.25) is 0 Å². The Kier molecular flexibility index (Phi) is 5.09. The number of nitrogens with one attached hydrogen (secondary N) is 1. The van der Waals surface area contributed by atoms with E-state index < -0.39 is 0 Å². The van der Waals surface area contributed by atoms with Crippen LogP contribution in [-0.4, -0.2) is 22.5 Å². The number of rotatable bonds is 5. The van der Waals surface area contributed by atoms with E-state index in [4.69, 9.17) is 16.7 Å². The average Bonchev–Trinajstić information content (AvgIpc) is 2.48. The molecule has 0 unspecified atom stereocenters. The van der Waals surface area contributed by atoms with Gasteiger partial charge >= 0.3 is 0 Å². The Morgan fingerprint density at radius 3 is 2.55 bits per heavy atom. The van der Waals surface area contributed by atoms with Gasteiger partial charge < -0.3 is 10.4 Å². The van der Waals surface area contributed by atoms with E-state index in [1.807, 2.05) is 24.3 Å². The minimum absolute atomic E-state index is 0.0382. The summed E-state index contributed by atoms with van der Waals surface area (Å²) in [5.41, 5.74) is 2.35. The van der Waals surface area contributed by atoms with Gasteiger partial charge in [-0.3, -0.25) is 4.79 Å². The standard InChI is InChI=1S/C15H15ClN2O2/c16-14-13(2-1-8-17-14)15(20)18-9-7-11-3-5-12(10-19)6-4-11/h1-6,8,19H,7,9-10H2,(H,18,20). The van der Waals surface area contributed by atoms with E-state index in [1.165, 1.54) is 0 Å². The summed E-state index contributed by atoms with van der Waals surface area (Å²) in [6.45, 7) is 0.555. The molecule has 20 heavy (non-hydrogen) atoms. The highest BCUT2D eigenvalue weighted by molar-refractivity contribution is 6.32. The molecule has 1 heterocycles. The zero-order valence-electron chi connectivity index (χ0n) is 10.8. The first-order valence-electron chi connectivity index (χ1n) is 6.28. The predicted molar refractivity (Wildman–Crippen MR) is 77.6 cm³/mol. The van der Waals surface area contributed by atoms with Gasteiger partial charge in [0.25, 0.3) is 5.91 Å². The first-order chi connectivity index (χ1) is 9.70. The van der Waals surface area contributed by atoms with Gasteiger partial charge in [0.1, 0.15) is 5.15 Å². The molecule has 5 heteroatoms. The highest BCUT2D eigenvalue weighted by atomic mass is 35.5. The Bertz CT molecular complexity index is 585. The molecule has 2 rings (SSSR count). The van der Waals surface area contributed by atoms with Gasteiger partial charge in [0.15, 0.2) is 0 Å². The molecule has 0 spiro atoms. The number of hydrogen-bond donors (Lipinski definition) is 2. The van der Waals surface area contributed by atoms with Crippen LogP contribution in [0.5, 0.6) is 0 Å². The van der Waals surface area contributed by atoms with Gasteiger partial charge in [-0.25, -0.2) is 4.98 Å². The molecule has 1 aromatic carbocycles. The monoisotopic (exact) mass is 290 g/mol. The Hall–Kier alpha value is -1.91. The molecule has 0 aliphatic carbocycles. The van der Waals surface area contributed by atoms with Crippen molar-refractivity contribution in [2.24, 2.45) is 0 Å². The lowest BCUT2D eigenvalue weighted by Gasteiger charge is -2.06. The second-order valence-corrected chi connectivity index (χ2v) is 4.68. The maximum atomic E-state index is 11.9. The molecular formula is C15H15ClN2O2. The van der Waals surface area contributed by atoms with Crippen LogP contribution < -0.4 is 5.32 Å². The topological polar surface area (TPSA) is 62.2 Å². The lowest BCUT2D eigenvalue weighted by atomic mass is 10.1. The van der Waals surface area contributed by atoms with Crippen molar-refractivity contribution in [3.8, 4) is 0 Å². The number of aliphatic hydroxyl groups is 1. The number of amides is 1. The van der Waals surface area contributed by atoms with Gasteiger partial charge in [0.05, 0.1) is 12.2 Å². The summed E-state index contributed by atoms with van der Waals surface area (Å²) in [5.74, 6) is -0.227. The maximum absolute atomic E-state index is 11.9. The lowest BCUT2D eigenvalue weighted by Crippen LogP contribution is -2.26. The maximum Gasteiger partial charge on any atom is 0.254 e. The SMILES string of the molecule is O=C(NCCc1ccc(CO)cc1)c1cccnc1Cl. The van der Waals surface area contributed by atoms with Crippen LogP contribution in [0.1, 0.15) is 21.5 Å². The van der Waals surface area contributed by atoms with Gasteiger partial charge in [-0.2, -0.15) is 0 Å². The third kappa shape index (κ3) is 3.79.